The Morgan fingerprint density at radius 2 is 1.95 bits per heavy atom. The number of imidazole rings is 1. The molecule has 0 aliphatic heterocycles. The van der Waals surface area contributed by atoms with Gasteiger partial charge in [-0.2, -0.15) is 10.5 Å². The highest BCUT2D eigenvalue weighted by Crippen LogP contribution is 2.21. The fourth-order valence-corrected chi connectivity index (χ4v) is 2.15. The van der Waals surface area contributed by atoms with Crippen LogP contribution in [0.4, 0.5) is 0 Å². The lowest BCUT2D eigenvalue weighted by atomic mass is 10.1. The van der Waals surface area contributed by atoms with Gasteiger partial charge in [-0.05, 0) is 24.6 Å². The highest BCUT2D eigenvalue weighted by atomic mass is 15.1. The number of hydrogen-bond acceptors (Lipinski definition) is 4. The van der Waals surface area contributed by atoms with Crippen LogP contribution >= 0.6 is 0 Å². The molecule has 2 aromatic heterocycles. The highest BCUT2D eigenvalue weighted by Gasteiger charge is 2.14. The third-order valence-electron chi connectivity index (χ3n) is 3.10. The predicted molar refractivity (Wildman–Crippen MR) is 73.0 cm³/mol. The third-order valence-corrected chi connectivity index (χ3v) is 3.10. The van der Waals surface area contributed by atoms with Crippen LogP contribution in [0.1, 0.15) is 17.0 Å². The van der Waals surface area contributed by atoms with Crippen molar-refractivity contribution in [2.45, 2.75) is 6.92 Å². The minimum Gasteiger partial charge on any atom is -0.273 e. The quantitative estimate of drug-likeness (QED) is 0.672. The summed E-state index contributed by atoms with van der Waals surface area (Å²) in [6.45, 7) is 1.92. The molecule has 0 aliphatic carbocycles. The van der Waals surface area contributed by atoms with Crippen molar-refractivity contribution < 1.29 is 0 Å². The Bertz CT molecular complexity index is 893. The van der Waals surface area contributed by atoms with Crippen molar-refractivity contribution in [1.82, 2.24) is 14.5 Å². The molecular weight excluding hydrogens is 250 g/mol. The second-order valence-electron chi connectivity index (χ2n) is 4.36. The molecule has 0 unspecified atom stereocenters. The number of rotatable bonds is 1. The van der Waals surface area contributed by atoms with Crippen LogP contribution in [-0.4, -0.2) is 14.5 Å². The summed E-state index contributed by atoms with van der Waals surface area (Å²) >= 11 is 0. The van der Waals surface area contributed by atoms with Gasteiger partial charge in [0.1, 0.15) is 24.3 Å². The topological polar surface area (TPSA) is 78.3 Å². The highest BCUT2D eigenvalue weighted by molar-refractivity contribution is 5.80. The van der Waals surface area contributed by atoms with E-state index < -0.39 is 0 Å². The Morgan fingerprint density at radius 1 is 1.15 bits per heavy atom. The van der Waals surface area contributed by atoms with Crippen LogP contribution in [0.15, 0.2) is 36.7 Å². The van der Waals surface area contributed by atoms with Gasteiger partial charge in [0.15, 0.2) is 11.4 Å². The average Bonchev–Trinajstić information content (AvgIpc) is 2.89. The lowest BCUT2D eigenvalue weighted by Gasteiger charge is -2.08. The second-order valence-corrected chi connectivity index (χ2v) is 4.36. The molecule has 5 heteroatoms. The van der Waals surface area contributed by atoms with Gasteiger partial charge in [-0.1, -0.05) is 18.2 Å². The average molecular weight is 259 g/mol. The van der Waals surface area contributed by atoms with Crippen molar-refractivity contribution in [1.29, 1.82) is 10.5 Å². The Hall–Kier alpha value is -3.18. The number of hydrogen-bond donors (Lipinski definition) is 0. The number of aromatic nitrogens is 3. The fraction of sp³-hybridized carbons (Fsp3) is 0.0667. The van der Waals surface area contributed by atoms with Crippen molar-refractivity contribution in [3.8, 4) is 18.0 Å². The van der Waals surface area contributed by atoms with Crippen molar-refractivity contribution >= 4 is 10.9 Å². The Morgan fingerprint density at radius 3 is 2.70 bits per heavy atom. The van der Waals surface area contributed by atoms with E-state index in [-0.39, 0.29) is 11.4 Å². The van der Waals surface area contributed by atoms with Crippen LogP contribution < -0.4 is 0 Å². The van der Waals surface area contributed by atoms with E-state index >= 15 is 0 Å². The maximum absolute atomic E-state index is 9.20. The molecular formula is C15H9N5. The van der Waals surface area contributed by atoms with Crippen LogP contribution in [0.25, 0.3) is 16.7 Å². The zero-order valence-corrected chi connectivity index (χ0v) is 10.7. The monoisotopic (exact) mass is 259 g/mol. The van der Waals surface area contributed by atoms with Crippen LogP contribution in [0.3, 0.4) is 0 Å². The Balaban J connectivity index is 2.30. The van der Waals surface area contributed by atoms with Crippen LogP contribution in [0.5, 0.6) is 0 Å². The van der Waals surface area contributed by atoms with E-state index in [1.54, 1.807) is 4.57 Å². The summed E-state index contributed by atoms with van der Waals surface area (Å²) in [7, 11) is 0. The normalized spacial score (nSPS) is 10.2. The van der Waals surface area contributed by atoms with Gasteiger partial charge >= 0.3 is 0 Å². The number of nitrogens with zero attached hydrogens (tertiary/aromatic N) is 5. The van der Waals surface area contributed by atoms with E-state index in [1.807, 2.05) is 49.4 Å². The molecule has 5 nitrogen and oxygen atoms in total. The molecule has 0 fully saturated rings. The number of nitriles is 2. The predicted octanol–water partition coefficient (Wildman–Crippen LogP) is 2.47. The van der Waals surface area contributed by atoms with Crippen molar-refractivity contribution in [3.63, 3.8) is 0 Å². The summed E-state index contributed by atoms with van der Waals surface area (Å²) < 4.78 is 1.56. The van der Waals surface area contributed by atoms with E-state index in [1.165, 1.54) is 6.33 Å². The van der Waals surface area contributed by atoms with Gasteiger partial charge in [0, 0.05) is 5.39 Å². The van der Waals surface area contributed by atoms with E-state index in [9.17, 15) is 5.26 Å². The molecule has 0 spiro atoms. The molecule has 0 saturated carbocycles. The van der Waals surface area contributed by atoms with Gasteiger partial charge in [-0.25, -0.2) is 9.97 Å². The van der Waals surface area contributed by atoms with Gasteiger partial charge < -0.3 is 0 Å². The van der Waals surface area contributed by atoms with Crippen molar-refractivity contribution in [2.75, 3.05) is 0 Å². The number of para-hydroxylation sites is 1. The minimum atomic E-state index is 0.113. The zero-order valence-electron chi connectivity index (χ0n) is 10.7. The van der Waals surface area contributed by atoms with Gasteiger partial charge in [0.25, 0.3) is 0 Å². The molecule has 0 saturated heterocycles. The molecule has 3 rings (SSSR count). The summed E-state index contributed by atoms with van der Waals surface area (Å²) in [5.41, 5.74) is 2.08. The van der Waals surface area contributed by atoms with Crippen LogP contribution in [-0.2, 0) is 0 Å². The van der Waals surface area contributed by atoms with Crippen molar-refractivity contribution in [3.05, 3.63) is 53.6 Å². The Labute approximate surface area is 115 Å². The SMILES string of the molecule is Cc1cc2ccccc2nc1-n1cnc(C#N)c1C#N. The van der Waals surface area contributed by atoms with E-state index in [2.05, 4.69) is 9.97 Å². The molecule has 0 N–H and O–H groups in total. The van der Waals surface area contributed by atoms with E-state index in [4.69, 9.17) is 5.26 Å². The largest absolute Gasteiger partial charge is 0.273 e. The zero-order chi connectivity index (χ0) is 14.1. The van der Waals surface area contributed by atoms with Crippen LogP contribution in [0.2, 0.25) is 0 Å². The van der Waals surface area contributed by atoms with E-state index in [0.717, 1.165) is 16.5 Å². The number of aryl methyl sites for hydroxylation is 1. The summed E-state index contributed by atoms with van der Waals surface area (Å²) in [6, 6.07) is 13.7. The van der Waals surface area contributed by atoms with Gasteiger partial charge in [-0.3, -0.25) is 4.57 Å². The summed E-state index contributed by atoms with van der Waals surface area (Å²) in [5.74, 6) is 0.620. The second kappa shape index (κ2) is 4.49. The smallest absolute Gasteiger partial charge is 0.177 e. The third kappa shape index (κ3) is 1.70. The molecule has 0 radical (unpaired) electrons. The molecule has 0 atom stereocenters. The lowest BCUT2D eigenvalue weighted by molar-refractivity contribution is 0.972. The first-order valence-corrected chi connectivity index (χ1v) is 5.99. The lowest BCUT2D eigenvalue weighted by Crippen LogP contribution is -2.02. The van der Waals surface area contributed by atoms with Gasteiger partial charge in [-0.15, -0.1) is 0 Å². The minimum absolute atomic E-state index is 0.113. The molecule has 94 valence electrons. The molecule has 0 amide bonds. The molecule has 2 heterocycles. The number of fused-ring (bicyclic) bond motifs is 1. The van der Waals surface area contributed by atoms with Gasteiger partial charge in [0.2, 0.25) is 0 Å². The molecule has 3 aromatic rings. The molecule has 0 bridgehead atoms. The number of pyridine rings is 1. The summed E-state index contributed by atoms with van der Waals surface area (Å²) in [5, 5.41) is 19.2. The first kappa shape index (κ1) is 11.9. The number of benzene rings is 1. The summed E-state index contributed by atoms with van der Waals surface area (Å²) in [4.78, 5) is 8.51. The molecule has 20 heavy (non-hydrogen) atoms. The fourth-order valence-electron chi connectivity index (χ4n) is 2.15. The first-order chi connectivity index (χ1) is 9.74. The maximum atomic E-state index is 9.20. The van der Waals surface area contributed by atoms with Crippen LogP contribution in [0, 0.1) is 29.6 Å². The van der Waals surface area contributed by atoms with Crippen molar-refractivity contribution in [2.24, 2.45) is 0 Å². The van der Waals surface area contributed by atoms with Gasteiger partial charge in [0.05, 0.1) is 5.52 Å². The molecule has 1 aromatic carbocycles. The standard InChI is InChI=1S/C15H9N5/c1-10-6-11-4-2-3-5-12(11)19-15(10)20-9-18-13(7-16)14(20)8-17/h2-6,9H,1H3. The first-order valence-electron chi connectivity index (χ1n) is 5.99. The summed E-state index contributed by atoms with van der Waals surface area (Å²) in [6.07, 6.45) is 1.46. The van der Waals surface area contributed by atoms with E-state index in [0.29, 0.717) is 5.82 Å². The maximum Gasteiger partial charge on any atom is 0.177 e. The Kier molecular flexibility index (Phi) is 2.67. The molecule has 0 aliphatic rings.